The molecule has 26 heavy (non-hydrogen) atoms. The SMILES string of the molecule is CC[C@@H](C)[C@@H](NC(=O)[C@@H]1CCCN1C(=O)OCc1ccccc1)C(=O)O. The van der Waals surface area contributed by atoms with Crippen LogP contribution < -0.4 is 5.32 Å². The first-order chi connectivity index (χ1) is 12.4. The minimum atomic E-state index is -1.07. The summed E-state index contributed by atoms with van der Waals surface area (Å²) in [6.07, 6.45) is 1.26. The number of ether oxygens (including phenoxy) is 1. The van der Waals surface area contributed by atoms with Gasteiger partial charge >= 0.3 is 12.1 Å². The van der Waals surface area contributed by atoms with Crippen molar-refractivity contribution < 1.29 is 24.2 Å². The zero-order chi connectivity index (χ0) is 19.1. The lowest BCUT2D eigenvalue weighted by atomic mass is 9.99. The summed E-state index contributed by atoms with van der Waals surface area (Å²) in [4.78, 5) is 37.7. The molecule has 1 aliphatic rings. The van der Waals surface area contributed by atoms with Crippen molar-refractivity contribution in [1.29, 1.82) is 0 Å². The maximum atomic E-state index is 12.5. The van der Waals surface area contributed by atoms with Crippen molar-refractivity contribution in [2.45, 2.75) is 51.8 Å². The summed E-state index contributed by atoms with van der Waals surface area (Å²) >= 11 is 0. The van der Waals surface area contributed by atoms with E-state index >= 15 is 0 Å². The molecule has 3 atom stereocenters. The standard InChI is InChI=1S/C19H26N2O5/c1-3-13(2)16(18(23)24)20-17(22)15-10-7-11-21(15)19(25)26-12-14-8-5-4-6-9-14/h4-6,8-9,13,15-16H,3,7,10-12H2,1-2H3,(H,20,22)(H,23,24)/t13-,15+,16-/m1/s1. The van der Waals surface area contributed by atoms with Gasteiger partial charge < -0.3 is 15.2 Å². The molecule has 2 N–H and O–H groups in total. The van der Waals surface area contributed by atoms with Crippen molar-refractivity contribution in [3.8, 4) is 0 Å². The van der Waals surface area contributed by atoms with E-state index in [0.29, 0.717) is 25.8 Å². The average molecular weight is 362 g/mol. The van der Waals surface area contributed by atoms with Crippen LogP contribution in [0.4, 0.5) is 4.79 Å². The van der Waals surface area contributed by atoms with Gasteiger partial charge in [0.2, 0.25) is 5.91 Å². The quantitative estimate of drug-likeness (QED) is 0.776. The Labute approximate surface area is 153 Å². The van der Waals surface area contributed by atoms with Crippen molar-refractivity contribution in [1.82, 2.24) is 10.2 Å². The Bertz CT molecular complexity index is 634. The molecular formula is C19H26N2O5. The minimum absolute atomic E-state index is 0.134. The lowest BCUT2D eigenvalue weighted by Gasteiger charge is -2.26. The zero-order valence-corrected chi connectivity index (χ0v) is 15.2. The molecule has 1 fully saturated rings. The predicted molar refractivity (Wildman–Crippen MR) is 95.4 cm³/mol. The highest BCUT2D eigenvalue weighted by molar-refractivity contribution is 5.89. The number of carbonyl (C=O) groups is 3. The van der Waals surface area contributed by atoms with Gasteiger partial charge in [-0.15, -0.1) is 0 Å². The summed E-state index contributed by atoms with van der Waals surface area (Å²) < 4.78 is 5.30. The van der Waals surface area contributed by atoms with Crippen LogP contribution in [0.1, 0.15) is 38.7 Å². The molecule has 0 aliphatic carbocycles. The van der Waals surface area contributed by atoms with Gasteiger partial charge in [0.1, 0.15) is 18.7 Å². The van der Waals surface area contributed by atoms with Crippen LogP contribution in [0, 0.1) is 5.92 Å². The van der Waals surface area contributed by atoms with E-state index in [1.807, 2.05) is 37.3 Å². The number of carboxylic acids is 1. The number of nitrogens with zero attached hydrogens (tertiary/aromatic N) is 1. The Morgan fingerprint density at radius 1 is 1.31 bits per heavy atom. The van der Waals surface area contributed by atoms with Gasteiger partial charge in [-0.05, 0) is 24.3 Å². The van der Waals surface area contributed by atoms with Crippen molar-refractivity contribution >= 4 is 18.0 Å². The molecule has 0 unspecified atom stereocenters. The van der Waals surface area contributed by atoms with Gasteiger partial charge in [-0.2, -0.15) is 0 Å². The van der Waals surface area contributed by atoms with Crippen LogP contribution in [0.2, 0.25) is 0 Å². The third-order valence-electron chi connectivity index (χ3n) is 4.77. The van der Waals surface area contributed by atoms with Crippen molar-refractivity contribution in [3.05, 3.63) is 35.9 Å². The van der Waals surface area contributed by atoms with Gasteiger partial charge in [0.05, 0.1) is 0 Å². The molecule has 0 bridgehead atoms. The van der Waals surface area contributed by atoms with Crippen LogP contribution >= 0.6 is 0 Å². The lowest BCUT2D eigenvalue weighted by Crippen LogP contribution is -2.52. The summed E-state index contributed by atoms with van der Waals surface area (Å²) in [7, 11) is 0. The zero-order valence-electron chi connectivity index (χ0n) is 15.2. The molecule has 2 rings (SSSR count). The van der Waals surface area contributed by atoms with E-state index in [2.05, 4.69) is 5.32 Å². The van der Waals surface area contributed by atoms with Gasteiger partial charge in [0.15, 0.2) is 0 Å². The van der Waals surface area contributed by atoms with Crippen LogP contribution in [0.3, 0.4) is 0 Å². The van der Waals surface area contributed by atoms with E-state index in [-0.39, 0.29) is 12.5 Å². The number of carboxylic acid groups (broad SMARTS) is 1. The fourth-order valence-electron chi connectivity index (χ4n) is 2.99. The predicted octanol–water partition coefficient (Wildman–Crippen LogP) is 2.40. The molecule has 0 saturated carbocycles. The minimum Gasteiger partial charge on any atom is -0.480 e. The second-order valence-corrected chi connectivity index (χ2v) is 6.60. The number of benzene rings is 1. The number of hydrogen-bond acceptors (Lipinski definition) is 4. The lowest BCUT2D eigenvalue weighted by molar-refractivity contribution is -0.144. The molecule has 1 heterocycles. The smallest absolute Gasteiger partial charge is 0.410 e. The third-order valence-corrected chi connectivity index (χ3v) is 4.77. The van der Waals surface area contributed by atoms with Crippen LogP contribution in [0.15, 0.2) is 30.3 Å². The van der Waals surface area contributed by atoms with E-state index < -0.39 is 30.1 Å². The van der Waals surface area contributed by atoms with Gasteiger partial charge in [0, 0.05) is 6.54 Å². The first kappa shape index (κ1) is 19.8. The summed E-state index contributed by atoms with van der Waals surface area (Å²) in [6, 6.07) is 7.64. The summed E-state index contributed by atoms with van der Waals surface area (Å²) in [5, 5.41) is 11.9. The van der Waals surface area contributed by atoms with Crippen molar-refractivity contribution in [2.75, 3.05) is 6.54 Å². The first-order valence-electron chi connectivity index (χ1n) is 8.94. The number of rotatable bonds is 7. The third kappa shape index (κ3) is 4.97. The van der Waals surface area contributed by atoms with Crippen molar-refractivity contribution in [2.24, 2.45) is 5.92 Å². The number of aliphatic carboxylic acids is 1. The fraction of sp³-hybridized carbons (Fsp3) is 0.526. The Morgan fingerprint density at radius 2 is 2.00 bits per heavy atom. The summed E-state index contributed by atoms with van der Waals surface area (Å²) in [6.45, 7) is 4.21. The number of amides is 2. The molecule has 7 nitrogen and oxygen atoms in total. The monoisotopic (exact) mass is 362 g/mol. The normalized spacial score (nSPS) is 18.8. The van der Waals surface area contributed by atoms with Gasteiger partial charge in [-0.1, -0.05) is 50.6 Å². The second-order valence-electron chi connectivity index (χ2n) is 6.60. The molecule has 0 radical (unpaired) electrons. The summed E-state index contributed by atoms with van der Waals surface area (Å²) in [5.74, 6) is -1.70. The van der Waals surface area contributed by atoms with Crippen LogP contribution in [0.5, 0.6) is 0 Å². The average Bonchev–Trinajstić information content (AvgIpc) is 3.14. The maximum Gasteiger partial charge on any atom is 0.410 e. The van der Waals surface area contributed by atoms with E-state index in [9.17, 15) is 19.5 Å². The number of hydrogen-bond donors (Lipinski definition) is 2. The number of carbonyl (C=O) groups excluding carboxylic acids is 2. The van der Waals surface area contributed by atoms with E-state index in [1.165, 1.54) is 4.90 Å². The molecule has 0 spiro atoms. The Hall–Kier alpha value is -2.57. The number of nitrogens with one attached hydrogen (secondary N) is 1. The molecule has 1 aliphatic heterocycles. The molecule has 2 amide bonds. The highest BCUT2D eigenvalue weighted by atomic mass is 16.6. The fourth-order valence-corrected chi connectivity index (χ4v) is 2.99. The first-order valence-corrected chi connectivity index (χ1v) is 8.94. The Morgan fingerprint density at radius 3 is 2.62 bits per heavy atom. The van der Waals surface area contributed by atoms with Gasteiger partial charge in [0.25, 0.3) is 0 Å². The Balaban J connectivity index is 1.96. The molecule has 1 saturated heterocycles. The second kappa shape index (κ2) is 9.22. The van der Waals surface area contributed by atoms with Gasteiger partial charge in [-0.25, -0.2) is 9.59 Å². The molecule has 142 valence electrons. The van der Waals surface area contributed by atoms with Crippen LogP contribution in [-0.4, -0.2) is 46.6 Å². The van der Waals surface area contributed by atoms with Crippen LogP contribution in [-0.2, 0) is 20.9 Å². The van der Waals surface area contributed by atoms with Crippen molar-refractivity contribution in [3.63, 3.8) is 0 Å². The van der Waals surface area contributed by atoms with E-state index in [4.69, 9.17) is 4.74 Å². The molecular weight excluding hydrogens is 336 g/mol. The van der Waals surface area contributed by atoms with Crippen LogP contribution in [0.25, 0.3) is 0 Å². The highest BCUT2D eigenvalue weighted by Gasteiger charge is 2.37. The maximum absolute atomic E-state index is 12.5. The Kier molecular flexibility index (Phi) is 7.00. The summed E-state index contributed by atoms with van der Waals surface area (Å²) in [5.41, 5.74) is 0.865. The topological polar surface area (TPSA) is 95.9 Å². The molecule has 1 aromatic rings. The molecule has 7 heteroatoms. The van der Waals surface area contributed by atoms with Gasteiger partial charge in [-0.3, -0.25) is 9.69 Å². The molecule has 0 aromatic heterocycles. The largest absolute Gasteiger partial charge is 0.480 e. The molecule has 1 aromatic carbocycles. The van der Waals surface area contributed by atoms with E-state index in [1.54, 1.807) is 6.92 Å². The highest BCUT2D eigenvalue weighted by Crippen LogP contribution is 2.20. The van der Waals surface area contributed by atoms with E-state index in [0.717, 1.165) is 5.56 Å². The number of likely N-dealkylation sites (tertiary alicyclic amines) is 1.